The van der Waals surface area contributed by atoms with Gasteiger partial charge in [-0.3, -0.25) is 4.79 Å². The molecular formula is C14H18N2O. The Bertz CT molecular complexity index is 411. The molecule has 1 atom stereocenters. The molecule has 0 aliphatic heterocycles. The second kappa shape index (κ2) is 5.62. The summed E-state index contributed by atoms with van der Waals surface area (Å²) in [6.45, 7) is 1.49. The number of benzene rings is 1. The molecule has 3 heteroatoms. The van der Waals surface area contributed by atoms with Crippen LogP contribution >= 0.6 is 0 Å². The lowest BCUT2D eigenvalue weighted by Crippen LogP contribution is -2.19. The lowest BCUT2D eigenvalue weighted by Gasteiger charge is -2.10. The van der Waals surface area contributed by atoms with Gasteiger partial charge in [-0.05, 0) is 31.2 Å². The molecule has 0 radical (unpaired) electrons. The molecule has 1 saturated carbocycles. The minimum absolute atomic E-state index is 0.0946. The second-order valence-corrected chi connectivity index (χ2v) is 4.55. The van der Waals surface area contributed by atoms with Gasteiger partial charge < -0.3 is 0 Å². The Balaban J connectivity index is 2.00. The quantitative estimate of drug-likeness (QED) is 0.796. The van der Waals surface area contributed by atoms with Crippen molar-refractivity contribution >= 4 is 11.6 Å². The first-order valence-corrected chi connectivity index (χ1v) is 6.12. The third kappa shape index (κ3) is 3.41. The van der Waals surface area contributed by atoms with Crippen LogP contribution in [0.2, 0.25) is 0 Å². The van der Waals surface area contributed by atoms with Gasteiger partial charge in [-0.2, -0.15) is 5.10 Å². The van der Waals surface area contributed by atoms with E-state index in [1.54, 1.807) is 0 Å². The number of carbonyl (C=O) groups is 1. The Labute approximate surface area is 102 Å². The second-order valence-electron chi connectivity index (χ2n) is 4.55. The van der Waals surface area contributed by atoms with Gasteiger partial charge in [0.1, 0.15) is 0 Å². The molecule has 1 aliphatic carbocycles. The largest absolute Gasteiger partial charge is 0.274 e. The zero-order valence-corrected chi connectivity index (χ0v) is 10.1. The van der Waals surface area contributed by atoms with Crippen LogP contribution in [0.25, 0.3) is 0 Å². The highest BCUT2D eigenvalue weighted by molar-refractivity contribution is 5.89. The van der Waals surface area contributed by atoms with Gasteiger partial charge in [-0.1, -0.05) is 30.3 Å². The summed E-state index contributed by atoms with van der Waals surface area (Å²) in [5.41, 5.74) is 5.04. The Morgan fingerprint density at radius 2 is 2.18 bits per heavy atom. The highest BCUT2D eigenvalue weighted by Crippen LogP contribution is 2.26. The summed E-state index contributed by atoms with van der Waals surface area (Å²) in [5.74, 6) is 0.395. The normalized spacial score (nSPS) is 21.7. The summed E-state index contributed by atoms with van der Waals surface area (Å²) in [7, 11) is 0. The van der Waals surface area contributed by atoms with Crippen LogP contribution in [0.3, 0.4) is 0 Å². The predicted molar refractivity (Wildman–Crippen MR) is 68.7 cm³/mol. The molecule has 1 aromatic rings. The third-order valence-corrected chi connectivity index (χ3v) is 3.14. The maximum absolute atomic E-state index is 10.8. The van der Waals surface area contributed by atoms with E-state index in [0.717, 1.165) is 18.6 Å². The van der Waals surface area contributed by atoms with Crippen molar-refractivity contribution in [3.63, 3.8) is 0 Å². The molecule has 0 aromatic heterocycles. The van der Waals surface area contributed by atoms with Crippen LogP contribution in [0.4, 0.5) is 0 Å². The molecule has 1 N–H and O–H groups in total. The highest BCUT2D eigenvalue weighted by Gasteiger charge is 2.22. The van der Waals surface area contributed by atoms with Gasteiger partial charge in [-0.25, -0.2) is 5.43 Å². The van der Waals surface area contributed by atoms with Crippen molar-refractivity contribution in [2.24, 2.45) is 11.0 Å². The lowest BCUT2D eigenvalue weighted by molar-refractivity contribution is -0.118. The van der Waals surface area contributed by atoms with Crippen molar-refractivity contribution in [1.82, 2.24) is 5.43 Å². The van der Waals surface area contributed by atoms with E-state index < -0.39 is 0 Å². The fourth-order valence-electron chi connectivity index (χ4n) is 2.32. The van der Waals surface area contributed by atoms with E-state index in [-0.39, 0.29) is 5.91 Å². The fourth-order valence-corrected chi connectivity index (χ4v) is 2.32. The number of amides is 1. The molecule has 3 nitrogen and oxygen atoms in total. The number of hydrogen-bond donors (Lipinski definition) is 1. The van der Waals surface area contributed by atoms with Gasteiger partial charge in [0.05, 0.1) is 0 Å². The Kier molecular flexibility index (Phi) is 3.91. The maximum Gasteiger partial charge on any atom is 0.236 e. The standard InChI is InChI=1S/C14H18N2O/c1-11(17)15-16-14-9-5-8-13(14)10-12-6-3-2-4-7-12/h2-4,6-7,13H,5,8-10H2,1H3,(H,15,17)/b16-14-/t13-/m0/s1. The summed E-state index contributed by atoms with van der Waals surface area (Å²) in [6, 6.07) is 10.5. The average molecular weight is 230 g/mol. The summed E-state index contributed by atoms with van der Waals surface area (Å²) >= 11 is 0. The predicted octanol–water partition coefficient (Wildman–Crippen LogP) is 2.52. The summed E-state index contributed by atoms with van der Waals surface area (Å²) in [4.78, 5) is 10.8. The van der Waals surface area contributed by atoms with E-state index in [1.807, 2.05) is 6.07 Å². The van der Waals surface area contributed by atoms with E-state index in [9.17, 15) is 4.79 Å². The molecule has 0 spiro atoms. The Morgan fingerprint density at radius 3 is 2.88 bits per heavy atom. The first-order chi connectivity index (χ1) is 8.25. The van der Waals surface area contributed by atoms with E-state index in [0.29, 0.717) is 5.92 Å². The molecule has 1 amide bonds. The molecule has 1 fully saturated rings. The smallest absolute Gasteiger partial charge is 0.236 e. The minimum atomic E-state index is -0.0946. The lowest BCUT2D eigenvalue weighted by atomic mass is 9.97. The van der Waals surface area contributed by atoms with E-state index >= 15 is 0 Å². The minimum Gasteiger partial charge on any atom is -0.274 e. The van der Waals surface area contributed by atoms with Crippen LogP contribution in [-0.4, -0.2) is 11.6 Å². The van der Waals surface area contributed by atoms with Crippen molar-refractivity contribution < 1.29 is 4.79 Å². The molecule has 0 unspecified atom stereocenters. The maximum atomic E-state index is 10.8. The monoisotopic (exact) mass is 230 g/mol. The van der Waals surface area contributed by atoms with Gasteiger partial charge >= 0.3 is 0 Å². The van der Waals surface area contributed by atoms with Crippen molar-refractivity contribution in [3.05, 3.63) is 35.9 Å². The van der Waals surface area contributed by atoms with Crippen LogP contribution in [0.1, 0.15) is 31.7 Å². The van der Waals surface area contributed by atoms with E-state index in [4.69, 9.17) is 0 Å². The summed E-state index contributed by atoms with van der Waals surface area (Å²) in [6.07, 6.45) is 4.39. The van der Waals surface area contributed by atoms with Gasteiger partial charge in [0, 0.05) is 18.6 Å². The molecule has 0 saturated heterocycles. The van der Waals surface area contributed by atoms with Gasteiger partial charge in [0.25, 0.3) is 0 Å². The SMILES string of the molecule is CC(=O)N/N=C1/CCC[C@H]1Cc1ccccc1. The number of nitrogens with one attached hydrogen (secondary N) is 1. The topological polar surface area (TPSA) is 41.5 Å². The van der Waals surface area contributed by atoms with E-state index in [2.05, 4.69) is 34.8 Å². The first-order valence-electron chi connectivity index (χ1n) is 6.12. The van der Waals surface area contributed by atoms with Gasteiger partial charge in [-0.15, -0.1) is 0 Å². The molecule has 90 valence electrons. The van der Waals surface area contributed by atoms with Crippen molar-refractivity contribution in [3.8, 4) is 0 Å². The highest BCUT2D eigenvalue weighted by atomic mass is 16.2. The third-order valence-electron chi connectivity index (χ3n) is 3.14. The Morgan fingerprint density at radius 1 is 1.41 bits per heavy atom. The molecule has 17 heavy (non-hydrogen) atoms. The first kappa shape index (κ1) is 11.8. The fraction of sp³-hybridized carbons (Fsp3) is 0.429. The zero-order chi connectivity index (χ0) is 12.1. The van der Waals surface area contributed by atoms with Crippen molar-refractivity contribution in [2.75, 3.05) is 0 Å². The van der Waals surface area contributed by atoms with Crippen LogP contribution in [0, 0.1) is 5.92 Å². The van der Waals surface area contributed by atoms with E-state index in [1.165, 1.54) is 25.3 Å². The summed E-state index contributed by atoms with van der Waals surface area (Å²) < 4.78 is 0. The Hall–Kier alpha value is -1.64. The van der Waals surface area contributed by atoms with Crippen molar-refractivity contribution in [1.29, 1.82) is 0 Å². The van der Waals surface area contributed by atoms with Crippen LogP contribution in [-0.2, 0) is 11.2 Å². The number of carbonyl (C=O) groups excluding carboxylic acids is 1. The number of hydrazone groups is 1. The van der Waals surface area contributed by atoms with Crippen LogP contribution in [0.5, 0.6) is 0 Å². The van der Waals surface area contributed by atoms with Crippen molar-refractivity contribution in [2.45, 2.75) is 32.6 Å². The number of hydrogen-bond acceptors (Lipinski definition) is 2. The summed E-state index contributed by atoms with van der Waals surface area (Å²) in [5, 5.41) is 4.22. The average Bonchev–Trinajstić information content (AvgIpc) is 2.75. The van der Waals surface area contributed by atoms with Crippen LogP contribution < -0.4 is 5.43 Å². The number of rotatable bonds is 3. The molecule has 0 heterocycles. The number of nitrogens with zero attached hydrogens (tertiary/aromatic N) is 1. The molecule has 1 aromatic carbocycles. The molecular weight excluding hydrogens is 212 g/mol. The zero-order valence-electron chi connectivity index (χ0n) is 10.1. The molecule has 2 rings (SSSR count). The molecule has 0 bridgehead atoms. The van der Waals surface area contributed by atoms with Gasteiger partial charge in [0.2, 0.25) is 5.91 Å². The molecule has 1 aliphatic rings. The van der Waals surface area contributed by atoms with Crippen LogP contribution in [0.15, 0.2) is 35.4 Å². The van der Waals surface area contributed by atoms with Gasteiger partial charge in [0.15, 0.2) is 0 Å².